The van der Waals surface area contributed by atoms with Crippen molar-refractivity contribution in [1.29, 1.82) is 0 Å². The number of carbonyl (C=O) groups excluding carboxylic acids is 1. The van der Waals surface area contributed by atoms with Gasteiger partial charge in [0, 0.05) is 19.1 Å². The van der Waals surface area contributed by atoms with Gasteiger partial charge in [0.05, 0.1) is 25.4 Å². The highest BCUT2D eigenvalue weighted by molar-refractivity contribution is 5.68. The molecule has 4 atom stereocenters. The number of rotatable bonds is 3. The molecule has 23 heavy (non-hydrogen) atoms. The lowest BCUT2D eigenvalue weighted by Crippen LogP contribution is -2.49. The van der Waals surface area contributed by atoms with Gasteiger partial charge in [0.2, 0.25) is 0 Å². The van der Waals surface area contributed by atoms with Crippen LogP contribution in [0.4, 0.5) is 4.79 Å². The summed E-state index contributed by atoms with van der Waals surface area (Å²) in [6, 6.07) is 0.274. The van der Waals surface area contributed by atoms with Crippen molar-refractivity contribution >= 4 is 6.09 Å². The molecule has 0 aromatic carbocycles. The lowest BCUT2D eigenvalue weighted by atomic mass is 9.91. The van der Waals surface area contributed by atoms with Gasteiger partial charge in [-0.1, -0.05) is 0 Å². The molecule has 2 aliphatic heterocycles. The van der Waals surface area contributed by atoms with E-state index in [1.807, 2.05) is 32.7 Å². The number of hydrogen-bond acceptors (Lipinski definition) is 5. The van der Waals surface area contributed by atoms with Crippen LogP contribution >= 0.6 is 0 Å². The summed E-state index contributed by atoms with van der Waals surface area (Å²) >= 11 is 0. The van der Waals surface area contributed by atoms with Crippen molar-refractivity contribution in [2.45, 2.75) is 64.3 Å². The Bertz CT molecular complexity index is 410. The molecule has 2 heterocycles. The Kier molecular flexibility index (Phi) is 5.92. The highest BCUT2D eigenvalue weighted by atomic mass is 16.6. The van der Waals surface area contributed by atoms with Gasteiger partial charge in [0.25, 0.3) is 0 Å². The van der Waals surface area contributed by atoms with Gasteiger partial charge in [-0.15, -0.1) is 0 Å². The number of aliphatic hydroxyl groups is 1. The normalized spacial score (nSPS) is 32.4. The van der Waals surface area contributed by atoms with Gasteiger partial charge in [-0.3, -0.25) is 4.90 Å². The minimum Gasteiger partial charge on any atom is -0.444 e. The second-order valence-electron chi connectivity index (χ2n) is 8.02. The first-order valence-corrected chi connectivity index (χ1v) is 8.63. The van der Waals surface area contributed by atoms with Crippen LogP contribution in [0.2, 0.25) is 0 Å². The van der Waals surface area contributed by atoms with Gasteiger partial charge in [-0.25, -0.2) is 4.79 Å². The molecule has 0 bridgehead atoms. The highest BCUT2D eigenvalue weighted by Crippen LogP contribution is 2.26. The second kappa shape index (κ2) is 7.36. The summed E-state index contributed by atoms with van der Waals surface area (Å²) in [7, 11) is 2.05. The zero-order valence-electron chi connectivity index (χ0n) is 15.1. The number of ether oxygens (including phenoxy) is 2. The Labute approximate surface area is 139 Å². The van der Waals surface area contributed by atoms with Crippen LogP contribution in [0, 0.1) is 5.92 Å². The zero-order valence-corrected chi connectivity index (χ0v) is 15.1. The predicted molar refractivity (Wildman–Crippen MR) is 88.4 cm³/mol. The molecule has 1 amide bonds. The molecule has 2 saturated heterocycles. The van der Waals surface area contributed by atoms with Gasteiger partial charge < -0.3 is 19.5 Å². The van der Waals surface area contributed by atoms with Crippen molar-refractivity contribution in [3.8, 4) is 0 Å². The van der Waals surface area contributed by atoms with E-state index in [4.69, 9.17) is 9.47 Å². The molecule has 2 fully saturated rings. The molecule has 0 spiro atoms. The van der Waals surface area contributed by atoms with E-state index in [0.717, 1.165) is 25.9 Å². The van der Waals surface area contributed by atoms with Crippen molar-refractivity contribution in [3.63, 3.8) is 0 Å². The fourth-order valence-electron chi connectivity index (χ4n) is 3.52. The summed E-state index contributed by atoms with van der Waals surface area (Å²) in [6.07, 6.45) is 1.33. The van der Waals surface area contributed by atoms with Crippen molar-refractivity contribution in [3.05, 3.63) is 0 Å². The van der Waals surface area contributed by atoms with Crippen molar-refractivity contribution in [2.75, 3.05) is 33.4 Å². The third kappa shape index (κ3) is 5.06. The Morgan fingerprint density at radius 2 is 2.09 bits per heavy atom. The fraction of sp³-hybridized carbons (Fsp3) is 0.941. The van der Waals surface area contributed by atoms with Gasteiger partial charge in [0.1, 0.15) is 5.60 Å². The van der Waals surface area contributed by atoms with E-state index in [9.17, 15) is 9.90 Å². The van der Waals surface area contributed by atoms with Gasteiger partial charge in [0.15, 0.2) is 0 Å². The van der Waals surface area contributed by atoms with Crippen molar-refractivity contribution in [1.82, 2.24) is 9.80 Å². The molecule has 2 unspecified atom stereocenters. The molecule has 0 radical (unpaired) electrons. The van der Waals surface area contributed by atoms with Crippen LogP contribution in [-0.4, -0.2) is 78.1 Å². The second-order valence-corrected chi connectivity index (χ2v) is 8.02. The van der Waals surface area contributed by atoms with Crippen LogP contribution in [0.15, 0.2) is 0 Å². The van der Waals surface area contributed by atoms with Gasteiger partial charge in [-0.2, -0.15) is 0 Å². The maximum atomic E-state index is 12.2. The number of nitrogens with zero attached hydrogens (tertiary/aromatic N) is 2. The third-order valence-electron chi connectivity index (χ3n) is 4.75. The number of carbonyl (C=O) groups is 1. The van der Waals surface area contributed by atoms with E-state index in [-0.39, 0.29) is 24.3 Å². The molecule has 2 rings (SSSR count). The summed E-state index contributed by atoms with van der Waals surface area (Å²) in [5.41, 5.74) is -0.452. The van der Waals surface area contributed by atoms with Crippen LogP contribution < -0.4 is 0 Å². The number of hydrogen-bond donors (Lipinski definition) is 1. The number of amides is 1. The van der Waals surface area contributed by atoms with Crippen LogP contribution in [0.3, 0.4) is 0 Å². The molecule has 0 saturated carbocycles. The van der Waals surface area contributed by atoms with E-state index in [2.05, 4.69) is 11.8 Å². The number of likely N-dealkylation sites (tertiary alicyclic amines) is 1. The third-order valence-corrected chi connectivity index (χ3v) is 4.75. The summed E-state index contributed by atoms with van der Waals surface area (Å²) < 4.78 is 10.8. The van der Waals surface area contributed by atoms with Gasteiger partial charge in [-0.05, 0) is 53.5 Å². The van der Waals surface area contributed by atoms with E-state index < -0.39 is 5.60 Å². The quantitative estimate of drug-likeness (QED) is 0.854. The predicted octanol–water partition coefficient (Wildman–Crippen LogP) is 1.71. The molecule has 0 aromatic heterocycles. The number of piperidine rings is 1. The molecule has 6 heteroatoms. The first kappa shape index (κ1) is 18.5. The minimum absolute atomic E-state index is 0.0918. The van der Waals surface area contributed by atoms with Crippen LogP contribution in [-0.2, 0) is 9.47 Å². The van der Waals surface area contributed by atoms with Crippen LogP contribution in [0.1, 0.15) is 40.5 Å². The summed E-state index contributed by atoms with van der Waals surface area (Å²) in [4.78, 5) is 16.3. The Hall–Kier alpha value is -0.850. The average molecular weight is 328 g/mol. The molecule has 0 aromatic rings. The molecule has 2 aliphatic rings. The molecule has 1 N–H and O–H groups in total. The van der Waals surface area contributed by atoms with Crippen molar-refractivity contribution in [2.24, 2.45) is 5.92 Å². The lowest BCUT2D eigenvalue weighted by molar-refractivity contribution is 0.00354. The Balaban J connectivity index is 1.82. The van der Waals surface area contributed by atoms with Crippen molar-refractivity contribution < 1.29 is 19.4 Å². The molecule has 6 nitrogen and oxygen atoms in total. The number of likely N-dealkylation sites (N-methyl/N-ethyl adjacent to an activating group) is 1. The first-order valence-electron chi connectivity index (χ1n) is 8.63. The molecule has 0 aliphatic carbocycles. The van der Waals surface area contributed by atoms with E-state index >= 15 is 0 Å². The van der Waals surface area contributed by atoms with Crippen LogP contribution in [0.25, 0.3) is 0 Å². The largest absolute Gasteiger partial charge is 0.444 e. The molecule has 134 valence electrons. The SMILES string of the molecule is CC1CC(CN(C)[C@@H]2COC[C@H]2O)CCN1C(=O)OC(C)(C)C. The smallest absolute Gasteiger partial charge is 0.410 e. The van der Waals surface area contributed by atoms with Crippen LogP contribution in [0.5, 0.6) is 0 Å². The summed E-state index contributed by atoms with van der Waals surface area (Å²) in [5.74, 6) is 0.529. The maximum absolute atomic E-state index is 12.2. The highest BCUT2D eigenvalue weighted by Gasteiger charge is 2.35. The molecular formula is C17H32N2O4. The average Bonchev–Trinajstić information content (AvgIpc) is 2.83. The zero-order chi connectivity index (χ0) is 17.2. The lowest BCUT2D eigenvalue weighted by Gasteiger charge is -2.40. The summed E-state index contributed by atoms with van der Waals surface area (Å²) in [5, 5.41) is 9.93. The first-order chi connectivity index (χ1) is 10.7. The topological polar surface area (TPSA) is 62.2 Å². The standard InChI is InChI=1S/C17H32N2O4/c1-12-8-13(9-18(5)14-10-22-11-15(14)20)6-7-19(12)16(21)23-17(2,3)4/h12-15,20H,6-11H2,1-5H3/t12?,13?,14-,15-/m1/s1. The Morgan fingerprint density at radius 1 is 1.39 bits per heavy atom. The maximum Gasteiger partial charge on any atom is 0.410 e. The minimum atomic E-state index is -0.452. The number of aliphatic hydroxyl groups excluding tert-OH is 1. The Morgan fingerprint density at radius 3 is 2.61 bits per heavy atom. The van der Waals surface area contributed by atoms with E-state index in [0.29, 0.717) is 19.1 Å². The monoisotopic (exact) mass is 328 g/mol. The molecular weight excluding hydrogens is 296 g/mol. The summed E-state index contributed by atoms with van der Waals surface area (Å²) in [6.45, 7) is 10.5. The van der Waals surface area contributed by atoms with E-state index in [1.54, 1.807) is 0 Å². The van der Waals surface area contributed by atoms with Gasteiger partial charge >= 0.3 is 6.09 Å². The van der Waals surface area contributed by atoms with E-state index in [1.165, 1.54) is 0 Å². The fourth-order valence-corrected chi connectivity index (χ4v) is 3.52.